The van der Waals surface area contributed by atoms with Crippen molar-refractivity contribution in [2.75, 3.05) is 0 Å². The number of aliphatic hydroxyl groups excluding tert-OH is 1. The quantitative estimate of drug-likeness (QED) is 0.755. The van der Waals surface area contributed by atoms with Crippen LogP contribution in [0, 0.1) is 13.8 Å². The molecule has 5 heteroatoms. The summed E-state index contributed by atoms with van der Waals surface area (Å²) < 4.78 is 36.2. The third kappa shape index (κ3) is 2.22. The van der Waals surface area contributed by atoms with Gasteiger partial charge in [-0.15, -0.1) is 11.3 Å². The second kappa shape index (κ2) is 3.31. The molecule has 1 aromatic heterocycles. The fourth-order valence-electron chi connectivity index (χ4n) is 1.10. The first kappa shape index (κ1) is 10.5. The molecule has 1 nitrogen and oxygen atoms in total. The maximum absolute atomic E-state index is 12.1. The largest absolute Gasteiger partial charge is 0.418 e. The zero-order valence-corrected chi connectivity index (χ0v) is 7.96. The predicted molar refractivity (Wildman–Crippen MR) is 44.8 cm³/mol. The lowest BCUT2D eigenvalue weighted by atomic mass is 10.1. The van der Waals surface area contributed by atoms with Gasteiger partial charge < -0.3 is 5.11 Å². The highest BCUT2D eigenvalue weighted by molar-refractivity contribution is 7.12. The van der Waals surface area contributed by atoms with Gasteiger partial charge in [0.15, 0.2) is 6.10 Å². The summed E-state index contributed by atoms with van der Waals surface area (Å²) in [5, 5.41) is 8.93. The van der Waals surface area contributed by atoms with Crippen molar-refractivity contribution in [1.29, 1.82) is 0 Å². The number of alkyl halides is 3. The van der Waals surface area contributed by atoms with Crippen molar-refractivity contribution >= 4 is 11.3 Å². The van der Waals surface area contributed by atoms with Crippen LogP contribution in [0.1, 0.15) is 21.4 Å². The van der Waals surface area contributed by atoms with E-state index in [9.17, 15) is 13.2 Å². The van der Waals surface area contributed by atoms with E-state index in [1.54, 1.807) is 13.8 Å². The molecule has 0 aliphatic carbocycles. The first-order chi connectivity index (χ1) is 5.82. The van der Waals surface area contributed by atoms with Gasteiger partial charge in [0, 0.05) is 15.3 Å². The van der Waals surface area contributed by atoms with Crippen LogP contribution in [0.5, 0.6) is 0 Å². The predicted octanol–water partition coefficient (Wildman–Crippen LogP) is 2.96. The van der Waals surface area contributed by atoms with Gasteiger partial charge >= 0.3 is 6.18 Å². The van der Waals surface area contributed by atoms with Crippen LogP contribution in [0.15, 0.2) is 6.07 Å². The van der Waals surface area contributed by atoms with Crippen LogP contribution >= 0.6 is 11.3 Å². The highest BCUT2D eigenvalue weighted by Gasteiger charge is 2.40. The molecule has 0 saturated heterocycles. The zero-order chi connectivity index (χ0) is 10.2. The van der Waals surface area contributed by atoms with E-state index in [-0.39, 0.29) is 5.56 Å². The third-order valence-electron chi connectivity index (χ3n) is 1.68. The van der Waals surface area contributed by atoms with Gasteiger partial charge in [-0.3, -0.25) is 0 Å². The van der Waals surface area contributed by atoms with E-state index in [1.807, 2.05) is 0 Å². The lowest BCUT2D eigenvalue weighted by molar-refractivity contribution is -0.206. The minimum Gasteiger partial charge on any atom is -0.379 e. The van der Waals surface area contributed by atoms with E-state index < -0.39 is 12.3 Å². The van der Waals surface area contributed by atoms with Crippen LogP contribution in [0.3, 0.4) is 0 Å². The number of halogens is 3. The van der Waals surface area contributed by atoms with Gasteiger partial charge in [0.05, 0.1) is 0 Å². The molecule has 1 heterocycles. The van der Waals surface area contributed by atoms with Crippen LogP contribution in [-0.2, 0) is 0 Å². The van der Waals surface area contributed by atoms with E-state index in [0.717, 1.165) is 4.88 Å². The molecule has 0 fully saturated rings. The van der Waals surface area contributed by atoms with Crippen molar-refractivity contribution < 1.29 is 18.3 Å². The van der Waals surface area contributed by atoms with Gasteiger partial charge in [0.25, 0.3) is 0 Å². The SMILES string of the molecule is Cc1cc([C@@H](O)C(F)(F)F)c(C)s1. The minimum absolute atomic E-state index is 0.0324. The van der Waals surface area contributed by atoms with Crippen molar-refractivity contribution in [1.82, 2.24) is 0 Å². The first-order valence-electron chi connectivity index (χ1n) is 3.64. The van der Waals surface area contributed by atoms with Gasteiger partial charge in [0.2, 0.25) is 0 Å². The van der Waals surface area contributed by atoms with Crippen molar-refractivity contribution in [3.05, 3.63) is 21.4 Å². The van der Waals surface area contributed by atoms with Crippen molar-refractivity contribution in [2.24, 2.45) is 0 Å². The van der Waals surface area contributed by atoms with Crippen LogP contribution in [0.4, 0.5) is 13.2 Å². The summed E-state index contributed by atoms with van der Waals surface area (Å²) in [6, 6.07) is 1.37. The smallest absolute Gasteiger partial charge is 0.379 e. The Kier molecular flexibility index (Phi) is 2.68. The average Bonchev–Trinajstić information content (AvgIpc) is 2.26. The number of aryl methyl sites for hydroxylation is 2. The number of thiophene rings is 1. The Morgan fingerprint density at radius 1 is 1.38 bits per heavy atom. The molecule has 0 saturated carbocycles. The van der Waals surface area contributed by atoms with Crippen LogP contribution in [0.25, 0.3) is 0 Å². The Balaban J connectivity index is 3.01. The molecule has 0 amide bonds. The van der Waals surface area contributed by atoms with E-state index in [2.05, 4.69) is 0 Å². The average molecular weight is 210 g/mol. The lowest BCUT2D eigenvalue weighted by Gasteiger charge is -2.13. The normalized spacial score (nSPS) is 14.6. The summed E-state index contributed by atoms with van der Waals surface area (Å²) in [5.74, 6) is 0. The molecule has 13 heavy (non-hydrogen) atoms. The van der Waals surface area contributed by atoms with Gasteiger partial charge in [-0.2, -0.15) is 13.2 Å². The highest BCUT2D eigenvalue weighted by atomic mass is 32.1. The molecular weight excluding hydrogens is 201 g/mol. The summed E-state index contributed by atoms with van der Waals surface area (Å²) in [5.41, 5.74) is -0.0324. The number of hydrogen-bond donors (Lipinski definition) is 1. The molecule has 74 valence electrons. The fraction of sp³-hybridized carbons (Fsp3) is 0.500. The summed E-state index contributed by atoms with van der Waals surface area (Å²) in [6.07, 6.45) is -6.92. The molecule has 0 radical (unpaired) electrons. The standard InChI is InChI=1S/C8H9F3OS/c1-4-3-6(5(2)13-4)7(12)8(9,10)11/h3,7,12H,1-2H3/t7-/m1/s1. The molecule has 0 aliphatic heterocycles. The highest BCUT2D eigenvalue weighted by Crippen LogP contribution is 2.36. The second-order valence-electron chi connectivity index (χ2n) is 2.81. The molecule has 1 atom stereocenters. The molecule has 0 spiro atoms. The van der Waals surface area contributed by atoms with Gasteiger partial charge in [-0.1, -0.05) is 0 Å². The maximum atomic E-state index is 12.1. The minimum atomic E-state index is -4.57. The maximum Gasteiger partial charge on any atom is 0.418 e. The Hall–Kier alpha value is -0.550. The van der Waals surface area contributed by atoms with Crippen molar-refractivity contribution in [3.63, 3.8) is 0 Å². The molecular formula is C8H9F3OS. The van der Waals surface area contributed by atoms with E-state index in [4.69, 9.17) is 5.11 Å². The summed E-state index contributed by atoms with van der Waals surface area (Å²) in [7, 11) is 0. The van der Waals surface area contributed by atoms with Gasteiger partial charge in [-0.25, -0.2) is 0 Å². The molecule has 0 aliphatic rings. The Morgan fingerprint density at radius 3 is 2.23 bits per heavy atom. The molecule has 1 rings (SSSR count). The van der Waals surface area contributed by atoms with E-state index in [0.29, 0.717) is 4.88 Å². The van der Waals surface area contributed by atoms with Gasteiger partial charge in [-0.05, 0) is 19.9 Å². The summed E-state index contributed by atoms with van der Waals surface area (Å²) in [6.45, 7) is 3.28. The molecule has 1 aromatic rings. The molecule has 0 unspecified atom stereocenters. The summed E-state index contributed by atoms with van der Waals surface area (Å²) >= 11 is 1.25. The second-order valence-corrected chi connectivity index (χ2v) is 4.27. The lowest BCUT2D eigenvalue weighted by Crippen LogP contribution is -2.20. The molecule has 0 aromatic carbocycles. The van der Waals surface area contributed by atoms with E-state index >= 15 is 0 Å². The van der Waals surface area contributed by atoms with Crippen molar-refractivity contribution in [2.45, 2.75) is 26.1 Å². The van der Waals surface area contributed by atoms with Crippen LogP contribution in [0.2, 0.25) is 0 Å². The Bertz CT molecular complexity index is 303. The zero-order valence-electron chi connectivity index (χ0n) is 7.14. The Morgan fingerprint density at radius 2 is 1.92 bits per heavy atom. The number of rotatable bonds is 1. The molecule has 0 bridgehead atoms. The molecule has 1 N–H and O–H groups in total. The number of hydrogen-bond acceptors (Lipinski definition) is 2. The third-order valence-corrected chi connectivity index (χ3v) is 2.67. The van der Waals surface area contributed by atoms with Crippen molar-refractivity contribution in [3.8, 4) is 0 Å². The summed E-state index contributed by atoms with van der Waals surface area (Å²) in [4.78, 5) is 1.29. The van der Waals surface area contributed by atoms with Gasteiger partial charge in [0.1, 0.15) is 0 Å². The van der Waals surface area contributed by atoms with Crippen LogP contribution < -0.4 is 0 Å². The fourth-order valence-corrected chi connectivity index (χ4v) is 2.06. The monoisotopic (exact) mass is 210 g/mol. The van der Waals surface area contributed by atoms with Crippen LogP contribution in [-0.4, -0.2) is 11.3 Å². The number of aliphatic hydroxyl groups is 1. The Labute approximate surface area is 77.8 Å². The first-order valence-corrected chi connectivity index (χ1v) is 4.45. The van der Waals surface area contributed by atoms with E-state index in [1.165, 1.54) is 17.4 Å². The topological polar surface area (TPSA) is 20.2 Å².